The van der Waals surface area contributed by atoms with E-state index in [4.69, 9.17) is 15.3 Å². The Bertz CT molecular complexity index is 233. The van der Waals surface area contributed by atoms with E-state index in [1.54, 1.807) is 26.0 Å². The zero-order valence-electron chi connectivity index (χ0n) is 7.65. The van der Waals surface area contributed by atoms with Crippen LogP contribution in [-0.4, -0.2) is 30.2 Å². The van der Waals surface area contributed by atoms with Crippen LogP contribution in [0, 0.1) is 22.7 Å². The molecule has 0 aromatic carbocycles. The van der Waals surface area contributed by atoms with Crippen LogP contribution in [0.4, 0.5) is 4.79 Å². The van der Waals surface area contributed by atoms with E-state index in [1.807, 2.05) is 0 Å². The molecule has 0 saturated carbocycles. The molecule has 0 spiro atoms. The standard InChI is InChI=1S/C8H11N3O2/c1-7(2)13-8(12)11(5-3-9)6-4-10/h7H,5-6H2,1-2H3. The predicted molar refractivity (Wildman–Crippen MR) is 44.4 cm³/mol. The fraction of sp³-hybridized carbons (Fsp3) is 0.625. The van der Waals surface area contributed by atoms with Crippen molar-refractivity contribution >= 4 is 6.09 Å². The van der Waals surface area contributed by atoms with E-state index >= 15 is 0 Å². The maximum absolute atomic E-state index is 11.1. The van der Waals surface area contributed by atoms with Crippen molar-refractivity contribution in [3.05, 3.63) is 0 Å². The van der Waals surface area contributed by atoms with Crippen molar-refractivity contribution in [3.8, 4) is 12.1 Å². The lowest BCUT2D eigenvalue weighted by Gasteiger charge is -2.17. The molecule has 0 unspecified atom stereocenters. The van der Waals surface area contributed by atoms with Crippen LogP contribution >= 0.6 is 0 Å². The SMILES string of the molecule is CC(C)OC(=O)N(CC#N)CC#N. The number of ether oxygens (including phenoxy) is 1. The van der Waals surface area contributed by atoms with Crippen molar-refractivity contribution in [2.45, 2.75) is 20.0 Å². The lowest BCUT2D eigenvalue weighted by Crippen LogP contribution is -2.33. The summed E-state index contributed by atoms with van der Waals surface area (Å²) in [6, 6.07) is 3.56. The first-order valence-corrected chi connectivity index (χ1v) is 3.81. The van der Waals surface area contributed by atoms with Gasteiger partial charge in [0.15, 0.2) is 0 Å². The summed E-state index contributed by atoms with van der Waals surface area (Å²) in [7, 11) is 0. The van der Waals surface area contributed by atoms with Crippen molar-refractivity contribution in [3.63, 3.8) is 0 Å². The van der Waals surface area contributed by atoms with Crippen LogP contribution in [-0.2, 0) is 4.74 Å². The second-order valence-corrected chi connectivity index (χ2v) is 2.60. The van der Waals surface area contributed by atoms with Gasteiger partial charge in [0.25, 0.3) is 0 Å². The van der Waals surface area contributed by atoms with Crippen molar-refractivity contribution in [1.29, 1.82) is 10.5 Å². The highest BCUT2D eigenvalue weighted by Gasteiger charge is 2.14. The quantitative estimate of drug-likeness (QED) is 0.605. The topological polar surface area (TPSA) is 77.1 Å². The van der Waals surface area contributed by atoms with E-state index in [1.165, 1.54) is 0 Å². The van der Waals surface area contributed by atoms with Crippen molar-refractivity contribution < 1.29 is 9.53 Å². The largest absolute Gasteiger partial charge is 0.447 e. The molecule has 0 radical (unpaired) electrons. The molecule has 0 bridgehead atoms. The first-order chi connectivity index (χ1) is 6.11. The van der Waals surface area contributed by atoms with Gasteiger partial charge in [-0.15, -0.1) is 0 Å². The van der Waals surface area contributed by atoms with E-state index in [2.05, 4.69) is 0 Å². The number of nitrogens with zero attached hydrogens (tertiary/aromatic N) is 3. The predicted octanol–water partition coefficient (Wildman–Crippen LogP) is 0.881. The molecule has 0 saturated heterocycles. The molecule has 70 valence electrons. The number of hydrogen-bond acceptors (Lipinski definition) is 4. The van der Waals surface area contributed by atoms with Gasteiger partial charge in [-0.25, -0.2) is 4.79 Å². The minimum atomic E-state index is -0.627. The van der Waals surface area contributed by atoms with Gasteiger partial charge in [0.2, 0.25) is 0 Å². The summed E-state index contributed by atoms with van der Waals surface area (Å²) in [6.07, 6.45) is -0.870. The highest BCUT2D eigenvalue weighted by molar-refractivity contribution is 5.68. The smallest absolute Gasteiger partial charge is 0.411 e. The van der Waals surface area contributed by atoms with Crippen LogP contribution in [0.2, 0.25) is 0 Å². The maximum Gasteiger partial charge on any atom is 0.411 e. The molecule has 0 aliphatic rings. The molecule has 0 rings (SSSR count). The summed E-state index contributed by atoms with van der Waals surface area (Å²) in [4.78, 5) is 12.2. The first-order valence-electron chi connectivity index (χ1n) is 3.81. The van der Waals surface area contributed by atoms with Gasteiger partial charge in [0.1, 0.15) is 13.1 Å². The van der Waals surface area contributed by atoms with Crippen LogP contribution in [0.3, 0.4) is 0 Å². The molecular weight excluding hydrogens is 170 g/mol. The summed E-state index contributed by atoms with van der Waals surface area (Å²) in [6.45, 7) is 3.15. The average molecular weight is 181 g/mol. The van der Waals surface area contributed by atoms with Gasteiger partial charge < -0.3 is 4.74 Å². The third-order valence-corrected chi connectivity index (χ3v) is 1.12. The monoisotopic (exact) mass is 181 g/mol. The Morgan fingerprint density at radius 2 is 1.85 bits per heavy atom. The van der Waals surface area contributed by atoms with E-state index < -0.39 is 6.09 Å². The van der Waals surface area contributed by atoms with Crippen LogP contribution in [0.15, 0.2) is 0 Å². The van der Waals surface area contributed by atoms with E-state index in [0.717, 1.165) is 4.90 Å². The average Bonchev–Trinajstić information content (AvgIpc) is 2.02. The second-order valence-electron chi connectivity index (χ2n) is 2.60. The number of carbonyl (C=O) groups is 1. The summed E-state index contributed by atoms with van der Waals surface area (Å²) in [5.41, 5.74) is 0. The lowest BCUT2D eigenvalue weighted by atomic mass is 10.5. The number of amides is 1. The second kappa shape index (κ2) is 5.84. The van der Waals surface area contributed by atoms with Gasteiger partial charge in [-0.05, 0) is 13.8 Å². The van der Waals surface area contributed by atoms with Crippen LogP contribution in [0.5, 0.6) is 0 Å². The van der Waals surface area contributed by atoms with Crippen LogP contribution in [0.25, 0.3) is 0 Å². The normalized spacial score (nSPS) is 8.69. The van der Waals surface area contributed by atoms with Gasteiger partial charge in [-0.2, -0.15) is 10.5 Å². The highest BCUT2D eigenvalue weighted by atomic mass is 16.6. The van der Waals surface area contributed by atoms with Gasteiger partial charge in [-0.3, -0.25) is 4.90 Å². The minimum absolute atomic E-state index is 0.126. The van der Waals surface area contributed by atoms with E-state index in [-0.39, 0.29) is 19.2 Å². The van der Waals surface area contributed by atoms with E-state index in [0.29, 0.717) is 0 Å². The zero-order chi connectivity index (χ0) is 10.3. The van der Waals surface area contributed by atoms with Gasteiger partial charge in [-0.1, -0.05) is 0 Å². The van der Waals surface area contributed by atoms with Crippen molar-refractivity contribution in [1.82, 2.24) is 4.90 Å². The molecule has 0 aromatic rings. The molecule has 0 atom stereocenters. The molecule has 0 fully saturated rings. The Kier molecular flexibility index (Phi) is 5.06. The fourth-order valence-corrected chi connectivity index (χ4v) is 0.632. The third-order valence-electron chi connectivity index (χ3n) is 1.12. The summed E-state index contributed by atoms with van der Waals surface area (Å²) in [5.74, 6) is 0. The Balaban J connectivity index is 4.14. The minimum Gasteiger partial charge on any atom is -0.447 e. The third kappa shape index (κ3) is 4.65. The lowest BCUT2D eigenvalue weighted by molar-refractivity contribution is 0.0840. The molecule has 0 aliphatic carbocycles. The molecule has 1 amide bonds. The van der Waals surface area contributed by atoms with Crippen molar-refractivity contribution in [2.24, 2.45) is 0 Å². The van der Waals surface area contributed by atoms with Gasteiger partial charge in [0.05, 0.1) is 18.2 Å². The molecular formula is C8H11N3O2. The number of carbonyl (C=O) groups excluding carboxylic acids is 1. The maximum atomic E-state index is 11.1. The van der Waals surface area contributed by atoms with E-state index in [9.17, 15) is 4.79 Å². The Hall–Kier alpha value is -1.75. The Labute approximate surface area is 77.1 Å². The Morgan fingerprint density at radius 3 is 2.15 bits per heavy atom. The molecule has 0 aromatic heterocycles. The van der Waals surface area contributed by atoms with Crippen LogP contribution < -0.4 is 0 Å². The summed E-state index contributed by atoms with van der Waals surface area (Å²) in [5, 5.41) is 16.7. The van der Waals surface area contributed by atoms with Gasteiger partial charge >= 0.3 is 6.09 Å². The molecule has 13 heavy (non-hydrogen) atoms. The van der Waals surface area contributed by atoms with Crippen LogP contribution in [0.1, 0.15) is 13.8 Å². The number of hydrogen-bond donors (Lipinski definition) is 0. The number of rotatable bonds is 3. The van der Waals surface area contributed by atoms with Crippen molar-refractivity contribution in [2.75, 3.05) is 13.1 Å². The first kappa shape index (κ1) is 11.2. The molecule has 0 aliphatic heterocycles. The van der Waals surface area contributed by atoms with Gasteiger partial charge in [0, 0.05) is 0 Å². The molecule has 0 heterocycles. The zero-order valence-corrected chi connectivity index (χ0v) is 7.65. The number of nitriles is 2. The Morgan fingerprint density at radius 1 is 1.38 bits per heavy atom. The summed E-state index contributed by atoms with van der Waals surface area (Å²) < 4.78 is 4.80. The summed E-state index contributed by atoms with van der Waals surface area (Å²) >= 11 is 0. The molecule has 0 N–H and O–H groups in total. The molecule has 5 nitrogen and oxygen atoms in total. The highest BCUT2D eigenvalue weighted by Crippen LogP contribution is 1.96. The fourth-order valence-electron chi connectivity index (χ4n) is 0.632. The molecule has 5 heteroatoms.